The van der Waals surface area contributed by atoms with Gasteiger partial charge in [-0.1, -0.05) is 48.3 Å². The fourth-order valence-electron chi connectivity index (χ4n) is 3.66. The van der Waals surface area contributed by atoms with Gasteiger partial charge >= 0.3 is 0 Å². The van der Waals surface area contributed by atoms with E-state index in [0.717, 1.165) is 18.2 Å². The molecule has 2 aromatic carbocycles. The second-order valence-electron chi connectivity index (χ2n) is 8.25. The quantitative estimate of drug-likeness (QED) is 0.423. The van der Waals surface area contributed by atoms with Gasteiger partial charge in [-0.25, -0.2) is 8.42 Å². The summed E-state index contributed by atoms with van der Waals surface area (Å²) in [6, 6.07) is 11.6. The highest BCUT2D eigenvalue weighted by molar-refractivity contribution is 7.92. The number of carbonyl (C=O) groups is 2. The average molecular weight is 543 g/mol. The zero-order valence-electron chi connectivity index (χ0n) is 20.6. The molecule has 192 valence electrons. The summed E-state index contributed by atoms with van der Waals surface area (Å²) in [5.74, 6) is -0.590. The first-order valence-corrected chi connectivity index (χ1v) is 14.2. The molecule has 7 nitrogen and oxygen atoms in total. The van der Waals surface area contributed by atoms with Crippen LogP contribution in [0.3, 0.4) is 0 Å². The molecule has 0 saturated heterocycles. The van der Waals surface area contributed by atoms with Crippen LogP contribution in [0.1, 0.15) is 44.7 Å². The van der Waals surface area contributed by atoms with Gasteiger partial charge in [0.2, 0.25) is 21.8 Å². The Morgan fingerprint density at radius 1 is 1.03 bits per heavy atom. The number of nitrogens with zero attached hydrogens (tertiary/aromatic N) is 2. The van der Waals surface area contributed by atoms with Gasteiger partial charge < -0.3 is 10.2 Å². The summed E-state index contributed by atoms with van der Waals surface area (Å²) in [5.41, 5.74) is 2.20. The SMILES string of the molecule is CCNC(=O)[C@H](C)N(Cc1c(Cl)cccc1Cl)C(=O)CCCN(c1ccc(CC)cc1)S(C)(=O)=O. The summed E-state index contributed by atoms with van der Waals surface area (Å²) in [5, 5.41) is 3.53. The Kier molecular flexibility index (Phi) is 10.9. The van der Waals surface area contributed by atoms with E-state index in [1.165, 1.54) is 9.21 Å². The number of sulfonamides is 1. The third-order valence-electron chi connectivity index (χ3n) is 5.69. The molecular weight excluding hydrogens is 509 g/mol. The van der Waals surface area contributed by atoms with E-state index in [9.17, 15) is 18.0 Å². The number of hydrogen-bond donors (Lipinski definition) is 1. The standard InChI is InChI=1S/C25H33Cl2N3O4S/c1-5-19-12-14-20(15-13-19)30(35(4,33)34)16-8-11-24(31)29(18(3)25(32)28-6-2)17-21-22(26)9-7-10-23(21)27/h7,9-10,12-15,18H,5-6,8,11,16-17H2,1-4H3,(H,28,32)/t18-/m0/s1. The van der Waals surface area contributed by atoms with Crippen LogP contribution >= 0.6 is 23.2 Å². The first-order valence-electron chi connectivity index (χ1n) is 11.6. The summed E-state index contributed by atoms with van der Waals surface area (Å²) < 4.78 is 26.2. The molecule has 0 radical (unpaired) electrons. The van der Waals surface area contributed by atoms with Gasteiger partial charge in [0.1, 0.15) is 6.04 Å². The predicted molar refractivity (Wildman–Crippen MR) is 142 cm³/mol. The highest BCUT2D eigenvalue weighted by Crippen LogP contribution is 2.27. The van der Waals surface area contributed by atoms with Crippen molar-refractivity contribution in [2.24, 2.45) is 0 Å². The fourth-order valence-corrected chi connectivity index (χ4v) is 5.14. The third-order valence-corrected chi connectivity index (χ3v) is 7.60. The molecule has 0 heterocycles. The third kappa shape index (κ3) is 8.12. The van der Waals surface area contributed by atoms with Crippen molar-refractivity contribution in [3.8, 4) is 0 Å². The molecular formula is C25H33Cl2N3O4S. The zero-order chi connectivity index (χ0) is 26.2. The van der Waals surface area contributed by atoms with E-state index in [4.69, 9.17) is 23.2 Å². The number of halogens is 2. The molecule has 1 N–H and O–H groups in total. The molecule has 0 bridgehead atoms. The van der Waals surface area contributed by atoms with Crippen LogP contribution in [0.2, 0.25) is 10.0 Å². The number of carbonyl (C=O) groups excluding carboxylic acids is 2. The lowest BCUT2D eigenvalue weighted by Gasteiger charge is -2.30. The van der Waals surface area contributed by atoms with Crippen LogP contribution in [0.5, 0.6) is 0 Å². The van der Waals surface area contributed by atoms with Crippen molar-refractivity contribution in [3.63, 3.8) is 0 Å². The van der Waals surface area contributed by atoms with E-state index < -0.39 is 16.1 Å². The second-order valence-corrected chi connectivity index (χ2v) is 11.0. The largest absolute Gasteiger partial charge is 0.355 e. The van der Waals surface area contributed by atoms with Gasteiger partial charge in [0.25, 0.3) is 0 Å². The van der Waals surface area contributed by atoms with Crippen molar-refractivity contribution < 1.29 is 18.0 Å². The molecule has 0 aliphatic carbocycles. The van der Waals surface area contributed by atoms with Gasteiger partial charge in [-0.05, 0) is 56.5 Å². The summed E-state index contributed by atoms with van der Waals surface area (Å²) in [4.78, 5) is 27.2. The molecule has 0 fully saturated rings. The second kappa shape index (κ2) is 13.1. The Hall–Kier alpha value is -2.29. The summed E-state index contributed by atoms with van der Waals surface area (Å²) in [6.07, 6.45) is 2.31. The van der Waals surface area contributed by atoms with Crippen molar-refractivity contribution >= 4 is 50.7 Å². The summed E-state index contributed by atoms with van der Waals surface area (Å²) in [7, 11) is -3.54. The van der Waals surface area contributed by atoms with Crippen molar-refractivity contribution in [1.82, 2.24) is 10.2 Å². The fraction of sp³-hybridized carbons (Fsp3) is 0.440. The number of benzene rings is 2. The molecule has 0 spiro atoms. The van der Waals surface area contributed by atoms with Gasteiger partial charge in [-0.3, -0.25) is 13.9 Å². The van der Waals surface area contributed by atoms with Gasteiger partial charge in [-0.2, -0.15) is 0 Å². The number of nitrogens with one attached hydrogen (secondary N) is 1. The number of rotatable bonds is 12. The molecule has 35 heavy (non-hydrogen) atoms. The van der Waals surface area contributed by atoms with Gasteiger partial charge in [0, 0.05) is 41.7 Å². The topological polar surface area (TPSA) is 86.8 Å². The van der Waals surface area contributed by atoms with Crippen LogP contribution in [0.25, 0.3) is 0 Å². The van der Waals surface area contributed by atoms with Crippen molar-refractivity contribution in [1.29, 1.82) is 0 Å². The Morgan fingerprint density at radius 3 is 2.14 bits per heavy atom. The van der Waals surface area contributed by atoms with Crippen LogP contribution < -0.4 is 9.62 Å². The molecule has 0 saturated carbocycles. The highest BCUT2D eigenvalue weighted by Gasteiger charge is 2.27. The Labute approximate surface area is 218 Å². The summed E-state index contributed by atoms with van der Waals surface area (Å²) in [6.45, 7) is 6.09. The number of aryl methyl sites for hydroxylation is 1. The Balaban J connectivity index is 2.20. The number of amides is 2. The van der Waals surface area contributed by atoms with E-state index in [2.05, 4.69) is 5.32 Å². The maximum atomic E-state index is 13.3. The maximum absolute atomic E-state index is 13.3. The molecule has 10 heteroatoms. The van der Waals surface area contributed by atoms with Crippen LogP contribution in [0, 0.1) is 0 Å². The molecule has 2 aromatic rings. The van der Waals surface area contributed by atoms with Gasteiger partial charge in [0.15, 0.2) is 0 Å². The molecule has 2 rings (SSSR count). The number of hydrogen-bond acceptors (Lipinski definition) is 4. The lowest BCUT2D eigenvalue weighted by atomic mass is 10.1. The number of anilines is 1. The van der Waals surface area contributed by atoms with Crippen LogP contribution in [0.15, 0.2) is 42.5 Å². The molecule has 2 amide bonds. The minimum atomic E-state index is -3.54. The van der Waals surface area contributed by atoms with E-state index >= 15 is 0 Å². The Morgan fingerprint density at radius 2 is 1.63 bits per heavy atom. The van der Waals surface area contributed by atoms with E-state index in [1.54, 1.807) is 44.2 Å². The smallest absolute Gasteiger partial charge is 0.242 e. The van der Waals surface area contributed by atoms with Crippen LogP contribution in [-0.2, 0) is 32.6 Å². The van der Waals surface area contributed by atoms with E-state index in [1.807, 2.05) is 19.1 Å². The van der Waals surface area contributed by atoms with E-state index in [-0.39, 0.29) is 37.7 Å². The predicted octanol–water partition coefficient (Wildman–Crippen LogP) is 4.66. The Bertz CT molecular complexity index is 1100. The molecule has 0 aromatic heterocycles. The van der Waals surface area contributed by atoms with Crippen LogP contribution in [-0.4, -0.2) is 50.5 Å². The van der Waals surface area contributed by atoms with Crippen LogP contribution in [0.4, 0.5) is 5.69 Å². The van der Waals surface area contributed by atoms with Gasteiger partial charge in [-0.15, -0.1) is 0 Å². The molecule has 0 aliphatic rings. The number of likely N-dealkylation sites (N-methyl/N-ethyl adjacent to an activating group) is 1. The van der Waals surface area contributed by atoms with Crippen molar-refractivity contribution in [2.75, 3.05) is 23.7 Å². The van der Waals surface area contributed by atoms with Crippen molar-refractivity contribution in [3.05, 3.63) is 63.6 Å². The first kappa shape index (κ1) is 28.9. The minimum Gasteiger partial charge on any atom is -0.355 e. The molecule has 1 atom stereocenters. The maximum Gasteiger partial charge on any atom is 0.242 e. The molecule has 0 unspecified atom stereocenters. The summed E-state index contributed by atoms with van der Waals surface area (Å²) >= 11 is 12.6. The lowest BCUT2D eigenvalue weighted by molar-refractivity contribution is -0.140. The highest BCUT2D eigenvalue weighted by atomic mass is 35.5. The molecule has 0 aliphatic heterocycles. The average Bonchev–Trinajstić information content (AvgIpc) is 2.80. The van der Waals surface area contributed by atoms with Crippen molar-refractivity contribution in [2.45, 2.75) is 52.6 Å². The normalized spacial score (nSPS) is 12.2. The monoisotopic (exact) mass is 541 g/mol. The zero-order valence-corrected chi connectivity index (χ0v) is 22.9. The lowest BCUT2D eigenvalue weighted by Crippen LogP contribution is -2.47. The first-order chi connectivity index (χ1) is 16.5. The minimum absolute atomic E-state index is 0.0465. The van der Waals surface area contributed by atoms with Gasteiger partial charge in [0.05, 0.1) is 11.9 Å². The van der Waals surface area contributed by atoms with E-state index in [0.29, 0.717) is 27.8 Å².